The summed E-state index contributed by atoms with van der Waals surface area (Å²) in [5, 5.41) is 9.05. The second-order valence-corrected chi connectivity index (χ2v) is 3.57. The van der Waals surface area contributed by atoms with Crippen molar-refractivity contribution >= 4 is 5.97 Å². The van der Waals surface area contributed by atoms with Crippen molar-refractivity contribution < 1.29 is 19.4 Å². The van der Waals surface area contributed by atoms with E-state index in [2.05, 4.69) is 9.97 Å². The summed E-state index contributed by atoms with van der Waals surface area (Å²) in [6, 6.07) is 0.229. The minimum absolute atomic E-state index is 0.229. The molecule has 1 N–H and O–H groups in total. The number of nitrogens with zero attached hydrogens (tertiary/aromatic N) is 2. The highest BCUT2D eigenvalue weighted by Crippen LogP contribution is 2.37. The van der Waals surface area contributed by atoms with Gasteiger partial charge in [-0.3, -0.25) is 4.79 Å². The highest BCUT2D eigenvalue weighted by Gasteiger charge is 2.39. The van der Waals surface area contributed by atoms with Gasteiger partial charge in [0.25, 0.3) is 0 Å². The van der Waals surface area contributed by atoms with Gasteiger partial charge in [-0.1, -0.05) is 0 Å². The van der Waals surface area contributed by atoms with Crippen LogP contribution < -0.4 is 4.74 Å². The number of fused-ring (bicyclic) bond motifs is 1. The van der Waals surface area contributed by atoms with Gasteiger partial charge in [-0.25, -0.2) is 4.98 Å². The molecule has 0 aromatic carbocycles. The van der Waals surface area contributed by atoms with Crippen molar-refractivity contribution in [2.45, 2.75) is 12.5 Å². The molecule has 2 rings (SSSR count). The number of hydrogen-bond acceptors (Lipinski definition) is 5. The Labute approximate surface area is 92.2 Å². The lowest BCUT2D eigenvalue weighted by molar-refractivity contribution is -0.146. The maximum atomic E-state index is 11.0. The first-order chi connectivity index (χ1) is 7.67. The van der Waals surface area contributed by atoms with Crippen molar-refractivity contribution in [2.75, 3.05) is 14.2 Å². The van der Waals surface area contributed by atoms with Gasteiger partial charge in [0.2, 0.25) is 0 Å². The summed E-state index contributed by atoms with van der Waals surface area (Å²) in [5.41, 5.74) is 1.42. The van der Waals surface area contributed by atoms with Gasteiger partial charge in [0.1, 0.15) is 6.10 Å². The maximum absolute atomic E-state index is 11.0. The third kappa shape index (κ3) is 1.61. The van der Waals surface area contributed by atoms with Crippen LogP contribution in [-0.2, 0) is 16.0 Å². The number of aliphatic carboxylic acids is 1. The second kappa shape index (κ2) is 4.05. The fourth-order valence-corrected chi connectivity index (χ4v) is 1.93. The number of aromatic nitrogens is 2. The van der Waals surface area contributed by atoms with Crippen LogP contribution in [0.2, 0.25) is 0 Å². The van der Waals surface area contributed by atoms with Gasteiger partial charge in [0, 0.05) is 13.3 Å². The molecular weight excluding hydrogens is 212 g/mol. The van der Waals surface area contributed by atoms with Gasteiger partial charge < -0.3 is 14.6 Å². The molecule has 0 saturated heterocycles. The van der Waals surface area contributed by atoms with E-state index in [1.165, 1.54) is 14.2 Å². The molecule has 86 valence electrons. The van der Waals surface area contributed by atoms with E-state index in [4.69, 9.17) is 14.6 Å². The molecule has 1 aliphatic rings. The summed E-state index contributed by atoms with van der Waals surface area (Å²) >= 11 is 0. The SMILES string of the molecule is COc1ncc2c(n1)C(OC)C(C(=O)O)C2. The van der Waals surface area contributed by atoms with Crippen LogP contribution in [-0.4, -0.2) is 35.3 Å². The molecule has 6 heteroatoms. The van der Waals surface area contributed by atoms with Crippen molar-refractivity contribution in [3.63, 3.8) is 0 Å². The van der Waals surface area contributed by atoms with Gasteiger partial charge >= 0.3 is 12.0 Å². The Kier molecular flexibility index (Phi) is 2.74. The molecule has 16 heavy (non-hydrogen) atoms. The third-order valence-corrected chi connectivity index (χ3v) is 2.70. The van der Waals surface area contributed by atoms with Gasteiger partial charge in [-0.2, -0.15) is 4.98 Å². The summed E-state index contributed by atoms with van der Waals surface area (Å²) in [4.78, 5) is 19.1. The number of carbonyl (C=O) groups is 1. The summed E-state index contributed by atoms with van der Waals surface area (Å²) in [5.74, 6) is -1.48. The minimum atomic E-state index is -0.885. The lowest BCUT2D eigenvalue weighted by Crippen LogP contribution is -2.20. The number of methoxy groups -OCH3 is 2. The van der Waals surface area contributed by atoms with Gasteiger partial charge in [0.15, 0.2) is 0 Å². The summed E-state index contributed by atoms with van der Waals surface area (Å²) in [7, 11) is 2.94. The van der Waals surface area contributed by atoms with Crippen LogP contribution in [0, 0.1) is 5.92 Å². The van der Waals surface area contributed by atoms with E-state index in [1.807, 2.05) is 0 Å². The Balaban J connectivity index is 2.39. The maximum Gasteiger partial charge on any atom is 0.316 e. The molecule has 1 heterocycles. The molecule has 2 atom stereocenters. The average Bonchev–Trinajstić information content (AvgIpc) is 2.66. The normalized spacial score (nSPS) is 22.9. The predicted octanol–water partition coefficient (Wildman–Crippen LogP) is 0.430. The van der Waals surface area contributed by atoms with Crippen LogP contribution in [0.25, 0.3) is 0 Å². The van der Waals surface area contributed by atoms with Crippen molar-refractivity contribution in [2.24, 2.45) is 5.92 Å². The highest BCUT2D eigenvalue weighted by atomic mass is 16.5. The molecule has 0 saturated carbocycles. The molecule has 1 aliphatic carbocycles. The zero-order chi connectivity index (χ0) is 11.7. The summed E-state index contributed by atoms with van der Waals surface area (Å²) in [6.07, 6.45) is 1.47. The minimum Gasteiger partial charge on any atom is -0.481 e. The number of carboxylic acid groups (broad SMARTS) is 1. The number of rotatable bonds is 3. The Hall–Kier alpha value is -1.69. The van der Waals surface area contributed by atoms with Gasteiger partial charge in [0.05, 0.1) is 18.7 Å². The fraction of sp³-hybridized carbons (Fsp3) is 0.500. The van der Waals surface area contributed by atoms with E-state index in [0.29, 0.717) is 12.1 Å². The molecular formula is C10H12N2O4. The van der Waals surface area contributed by atoms with Crippen LogP contribution in [0.1, 0.15) is 17.4 Å². The standard InChI is InChI=1S/C10H12N2O4/c1-15-8-6(9(13)14)3-5-4-11-10(16-2)12-7(5)8/h4,6,8H,3H2,1-2H3,(H,13,14). The van der Waals surface area contributed by atoms with Crippen molar-refractivity contribution in [1.29, 1.82) is 0 Å². The monoisotopic (exact) mass is 224 g/mol. The fourth-order valence-electron chi connectivity index (χ4n) is 1.93. The Bertz CT molecular complexity index is 421. The summed E-state index contributed by atoms with van der Waals surface area (Å²) in [6.45, 7) is 0. The van der Waals surface area contributed by atoms with Crippen molar-refractivity contribution in [1.82, 2.24) is 9.97 Å². The lowest BCUT2D eigenvalue weighted by Gasteiger charge is -2.13. The number of ether oxygens (including phenoxy) is 2. The van der Waals surface area contributed by atoms with Gasteiger partial charge in [-0.05, 0) is 12.0 Å². The molecule has 0 fully saturated rings. The second-order valence-electron chi connectivity index (χ2n) is 3.57. The molecule has 0 radical (unpaired) electrons. The van der Waals surface area contributed by atoms with Crippen molar-refractivity contribution in [3.8, 4) is 6.01 Å². The smallest absolute Gasteiger partial charge is 0.316 e. The Morgan fingerprint density at radius 2 is 2.31 bits per heavy atom. The molecule has 0 aliphatic heterocycles. The van der Waals surface area contributed by atoms with E-state index in [-0.39, 0.29) is 6.01 Å². The van der Waals surface area contributed by atoms with Crippen LogP contribution in [0.3, 0.4) is 0 Å². The van der Waals surface area contributed by atoms with Crippen LogP contribution >= 0.6 is 0 Å². The molecule has 0 spiro atoms. The first kappa shape index (κ1) is 10.8. The van der Waals surface area contributed by atoms with Crippen molar-refractivity contribution in [3.05, 3.63) is 17.5 Å². The van der Waals surface area contributed by atoms with Crippen LogP contribution in [0.15, 0.2) is 6.20 Å². The van der Waals surface area contributed by atoms with E-state index < -0.39 is 18.0 Å². The van der Waals surface area contributed by atoms with E-state index in [9.17, 15) is 4.79 Å². The largest absolute Gasteiger partial charge is 0.481 e. The topological polar surface area (TPSA) is 81.5 Å². The highest BCUT2D eigenvalue weighted by molar-refractivity contribution is 5.72. The number of carboxylic acids is 1. The molecule has 1 aromatic rings. The zero-order valence-electron chi connectivity index (χ0n) is 9.01. The third-order valence-electron chi connectivity index (χ3n) is 2.70. The Morgan fingerprint density at radius 1 is 1.56 bits per heavy atom. The molecule has 2 unspecified atom stereocenters. The van der Waals surface area contributed by atoms with E-state index in [0.717, 1.165) is 5.56 Å². The van der Waals surface area contributed by atoms with Crippen LogP contribution in [0.4, 0.5) is 0 Å². The predicted molar refractivity (Wildman–Crippen MR) is 53.2 cm³/mol. The van der Waals surface area contributed by atoms with E-state index in [1.54, 1.807) is 6.20 Å². The average molecular weight is 224 g/mol. The molecule has 6 nitrogen and oxygen atoms in total. The van der Waals surface area contributed by atoms with E-state index >= 15 is 0 Å². The van der Waals surface area contributed by atoms with Gasteiger partial charge in [-0.15, -0.1) is 0 Å². The molecule has 0 amide bonds. The zero-order valence-corrected chi connectivity index (χ0v) is 9.01. The Morgan fingerprint density at radius 3 is 2.88 bits per heavy atom. The number of hydrogen-bond donors (Lipinski definition) is 1. The van der Waals surface area contributed by atoms with Crippen LogP contribution in [0.5, 0.6) is 6.01 Å². The lowest BCUT2D eigenvalue weighted by atomic mass is 10.1. The first-order valence-corrected chi connectivity index (χ1v) is 4.82. The molecule has 1 aromatic heterocycles. The quantitative estimate of drug-likeness (QED) is 0.801. The first-order valence-electron chi connectivity index (χ1n) is 4.82. The summed E-state index contributed by atoms with van der Waals surface area (Å²) < 4.78 is 10.1. The molecule has 0 bridgehead atoms.